The maximum atomic E-state index is 13.1. The normalized spacial score (nSPS) is 13.6. The van der Waals surface area contributed by atoms with Gasteiger partial charge in [0.2, 0.25) is 5.91 Å². The van der Waals surface area contributed by atoms with E-state index in [1.54, 1.807) is 0 Å². The third kappa shape index (κ3) is 38.7. The summed E-state index contributed by atoms with van der Waals surface area (Å²) >= 11 is 0. The van der Waals surface area contributed by atoms with Crippen LogP contribution in [-0.4, -0.2) is 46.9 Å². The second-order valence-corrected chi connectivity index (χ2v) is 16.1. The number of amides is 1. The monoisotopic (exact) mass is 774 g/mol. The van der Waals surface area contributed by atoms with Gasteiger partial charge in [-0.1, -0.05) is 205 Å². The molecule has 0 aromatic carbocycles. The van der Waals surface area contributed by atoms with Crippen LogP contribution in [0, 0.1) is 0 Å². The molecule has 322 valence electrons. The van der Waals surface area contributed by atoms with E-state index >= 15 is 0 Å². The number of carbonyl (C=O) groups is 2. The van der Waals surface area contributed by atoms with Crippen LogP contribution in [0.25, 0.3) is 0 Å². The van der Waals surface area contributed by atoms with Gasteiger partial charge in [0.15, 0.2) is 0 Å². The van der Waals surface area contributed by atoms with Gasteiger partial charge in [-0.15, -0.1) is 0 Å². The molecule has 0 aromatic heterocycles. The van der Waals surface area contributed by atoms with Crippen LogP contribution in [0.2, 0.25) is 0 Å². The molecule has 1 amide bonds. The minimum absolute atomic E-state index is 0.0656. The smallest absolute Gasteiger partial charge is 0.306 e. The molecule has 3 N–H and O–H groups in total. The minimum atomic E-state index is -0.789. The Morgan fingerprint density at radius 1 is 0.545 bits per heavy atom. The average molecular weight is 774 g/mol. The number of hydrogen-bond acceptors (Lipinski definition) is 5. The first-order valence-electron chi connectivity index (χ1n) is 23.7. The van der Waals surface area contributed by atoms with E-state index < -0.39 is 18.2 Å². The molecule has 0 saturated carbocycles. The zero-order chi connectivity index (χ0) is 40.3. The maximum absolute atomic E-state index is 13.1. The molecule has 0 fully saturated rings. The fraction of sp³-hybridized carbons (Fsp3) is 0.837. The standard InChI is InChI=1S/C49H91NO5/c1-4-7-10-13-16-19-22-24-25-26-28-31-34-37-40-45(55-49(54)42-39-36-33-30-21-18-15-12-9-6-3)43-48(53)50-46(44-51)47(52)41-38-35-32-29-27-23-20-17-14-11-8-5-2/h7,10,16,19,24-25,45-47,51-52H,4-6,8-9,11-15,17-18,20-23,26-44H2,1-3H3,(H,50,53)/b10-7+,19-16+,25-24+. The van der Waals surface area contributed by atoms with Gasteiger partial charge in [0.1, 0.15) is 6.10 Å². The fourth-order valence-corrected chi connectivity index (χ4v) is 7.15. The van der Waals surface area contributed by atoms with Crippen molar-refractivity contribution in [2.45, 2.75) is 257 Å². The lowest BCUT2D eigenvalue weighted by Crippen LogP contribution is -2.46. The number of ether oxygens (including phenoxy) is 1. The third-order valence-corrected chi connectivity index (χ3v) is 10.7. The molecule has 6 nitrogen and oxygen atoms in total. The molecule has 55 heavy (non-hydrogen) atoms. The first kappa shape index (κ1) is 53.1. The number of unbranched alkanes of at least 4 members (excludes halogenated alkanes) is 24. The van der Waals surface area contributed by atoms with Crippen LogP contribution in [0.4, 0.5) is 0 Å². The van der Waals surface area contributed by atoms with Crippen LogP contribution in [0.1, 0.15) is 239 Å². The van der Waals surface area contributed by atoms with E-state index in [4.69, 9.17) is 4.74 Å². The summed E-state index contributed by atoms with van der Waals surface area (Å²) < 4.78 is 5.90. The van der Waals surface area contributed by atoms with E-state index in [9.17, 15) is 19.8 Å². The molecule has 6 heteroatoms. The van der Waals surface area contributed by atoms with Gasteiger partial charge in [0, 0.05) is 6.42 Å². The third-order valence-electron chi connectivity index (χ3n) is 10.7. The van der Waals surface area contributed by atoms with Crippen molar-refractivity contribution in [1.29, 1.82) is 0 Å². The van der Waals surface area contributed by atoms with Crippen molar-refractivity contribution in [3.05, 3.63) is 36.5 Å². The number of aliphatic hydroxyl groups excluding tert-OH is 2. The number of rotatable bonds is 42. The lowest BCUT2D eigenvalue weighted by molar-refractivity contribution is -0.151. The minimum Gasteiger partial charge on any atom is -0.462 e. The SMILES string of the molecule is CC/C=C/C/C=C/C/C=C/CCCCCCC(CC(=O)NC(CO)C(O)CCCCCCCCCCCCCC)OC(=O)CCCCCCCCCCCC. The Bertz CT molecular complexity index is 915. The first-order valence-corrected chi connectivity index (χ1v) is 23.7. The molecule has 3 atom stereocenters. The van der Waals surface area contributed by atoms with Gasteiger partial charge in [0.25, 0.3) is 0 Å². The molecule has 0 bridgehead atoms. The van der Waals surface area contributed by atoms with E-state index in [0.717, 1.165) is 89.9 Å². The Balaban J connectivity index is 4.61. The molecule has 3 unspecified atom stereocenters. The molecule has 0 saturated heterocycles. The van der Waals surface area contributed by atoms with E-state index in [-0.39, 0.29) is 24.9 Å². The Morgan fingerprint density at radius 3 is 1.49 bits per heavy atom. The number of nitrogens with one attached hydrogen (secondary N) is 1. The molecular formula is C49H91NO5. The zero-order valence-electron chi connectivity index (χ0n) is 36.6. The Labute approximate surface area is 341 Å². The molecule has 0 spiro atoms. The lowest BCUT2D eigenvalue weighted by atomic mass is 10.0. The van der Waals surface area contributed by atoms with Crippen LogP contribution in [0.5, 0.6) is 0 Å². The summed E-state index contributed by atoms with van der Waals surface area (Å²) in [5.41, 5.74) is 0. The topological polar surface area (TPSA) is 95.9 Å². The van der Waals surface area contributed by atoms with Gasteiger partial charge in [-0.3, -0.25) is 9.59 Å². The second kappa shape index (κ2) is 43.2. The van der Waals surface area contributed by atoms with Gasteiger partial charge in [-0.05, 0) is 57.8 Å². The molecule has 0 heterocycles. The Morgan fingerprint density at radius 2 is 0.982 bits per heavy atom. The number of carbonyl (C=O) groups excluding carboxylic acids is 2. The summed E-state index contributed by atoms with van der Waals surface area (Å²) in [5.74, 6) is -0.492. The summed E-state index contributed by atoms with van der Waals surface area (Å²) in [6.07, 6.45) is 49.1. The Kier molecular flexibility index (Phi) is 41.7. The molecule has 0 rings (SSSR count). The van der Waals surface area contributed by atoms with Gasteiger partial charge in [0.05, 0.1) is 25.2 Å². The van der Waals surface area contributed by atoms with Crippen LogP contribution in [0.3, 0.4) is 0 Å². The lowest BCUT2D eigenvalue weighted by Gasteiger charge is -2.24. The highest BCUT2D eigenvalue weighted by atomic mass is 16.5. The van der Waals surface area contributed by atoms with E-state index in [0.29, 0.717) is 19.3 Å². The quantitative estimate of drug-likeness (QED) is 0.0326. The number of hydrogen-bond donors (Lipinski definition) is 3. The molecule has 0 aromatic rings. The van der Waals surface area contributed by atoms with E-state index in [2.05, 4.69) is 62.5 Å². The van der Waals surface area contributed by atoms with Crippen molar-refractivity contribution in [3.8, 4) is 0 Å². The van der Waals surface area contributed by atoms with Crippen LogP contribution in [-0.2, 0) is 14.3 Å². The van der Waals surface area contributed by atoms with E-state index in [1.807, 2.05) is 0 Å². The summed E-state index contributed by atoms with van der Waals surface area (Å²) in [6, 6.07) is -0.704. The summed E-state index contributed by atoms with van der Waals surface area (Å²) in [5, 5.41) is 23.7. The predicted molar refractivity (Wildman–Crippen MR) is 236 cm³/mol. The highest BCUT2D eigenvalue weighted by molar-refractivity contribution is 5.77. The molecule has 0 radical (unpaired) electrons. The van der Waals surface area contributed by atoms with Crippen molar-refractivity contribution < 1.29 is 24.5 Å². The molecule has 0 aliphatic carbocycles. The number of esters is 1. The Hall–Kier alpha value is -1.92. The van der Waals surface area contributed by atoms with Crippen molar-refractivity contribution in [2.75, 3.05) is 6.61 Å². The van der Waals surface area contributed by atoms with Gasteiger partial charge < -0.3 is 20.3 Å². The molecule has 0 aliphatic heterocycles. The molecule has 0 aliphatic rings. The number of allylic oxidation sites excluding steroid dienone is 6. The highest BCUT2D eigenvalue weighted by Gasteiger charge is 2.24. The van der Waals surface area contributed by atoms with Gasteiger partial charge in [-0.25, -0.2) is 0 Å². The highest BCUT2D eigenvalue weighted by Crippen LogP contribution is 2.17. The maximum Gasteiger partial charge on any atom is 0.306 e. The number of aliphatic hydroxyl groups is 2. The predicted octanol–water partition coefficient (Wildman–Crippen LogP) is 13.7. The van der Waals surface area contributed by atoms with Crippen molar-refractivity contribution in [1.82, 2.24) is 5.32 Å². The second-order valence-electron chi connectivity index (χ2n) is 16.1. The molecular weight excluding hydrogens is 683 g/mol. The largest absolute Gasteiger partial charge is 0.462 e. The van der Waals surface area contributed by atoms with Gasteiger partial charge in [-0.2, -0.15) is 0 Å². The van der Waals surface area contributed by atoms with Crippen molar-refractivity contribution in [2.24, 2.45) is 0 Å². The summed E-state index contributed by atoms with van der Waals surface area (Å²) in [4.78, 5) is 26.0. The van der Waals surface area contributed by atoms with Crippen molar-refractivity contribution in [3.63, 3.8) is 0 Å². The summed E-state index contributed by atoms with van der Waals surface area (Å²) in [6.45, 7) is 6.35. The van der Waals surface area contributed by atoms with E-state index in [1.165, 1.54) is 103 Å². The first-order chi connectivity index (χ1) is 27.0. The van der Waals surface area contributed by atoms with Crippen LogP contribution < -0.4 is 5.32 Å². The van der Waals surface area contributed by atoms with Crippen LogP contribution >= 0.6 is 0 Å². The van der Waals surface area contributed by atoms with Crippen LogP contribution in [0.15, 0.2) is 36.5 Å². The average Bonchev–Trinajstić information content (AvgIpc) is 3.18. The summed E-state index contributed by atoms with van der Waals surface area (Å²) in [7, 11) is 0. The zero-order valence-corrected chi connectivity index (χ0v) is 36.6. The fourth-order valence-electron chi connectivity index (χ4n) is 7.15. The van der Waals surface area contributed by atoms with Gasteiger partial charge >= 0.3 is 5.97 Å². The van der Waals surface area contributed by atoms with Crippen molar-refractivity contribution >= 4 is 11.9 Å².